The zero-order valence-electron chi connectivity index (χ0n) is 11.3. The van der Waals surface area contributed by atoms with Gasteiger partial charge in [-0.15, -0.1) is 0 Å². The maximum Gasteiger partial charge on any atom is 0.246 e. The molecule has 1 atom stereocenters. The number of likely N-dealkylation sites (N-methyl/N-ethyl adjacent to an activating group) is 1. The van der Waals surface area contributed by atoms with Crippen LogP contribution in [0.15, 0.2) is 29.2 Å². The number of para-hydroxylation sites is 1. The lowest BCUT2D eigenvalue weighted by Gasteiger charge is -2.31. The number of benzene rings is 1. The van der Waals surface area contributed by atoms with Gasteiger partial charge < -0.3 is 10.1 Å². The summed E-state index contributed by atoms with van der Waals surface area (Å²) < 4.78 is 32.0. The molecule has 1 N–H and O–H groups in total. The largest absolute Gasteiger partial charge is 0.495 e. The van der Waals surface area contributed by atoms with Crippen LogP contribution in [0.5, 0.6) is 5.75 Å². The zero-order valence-corrected chi connectivity index (χ0v) is 12.1. The minimum atomic E-state index is -3.48. The lowest BCUT2D eigenvalue weighted by atomic mass is 10.1. The van der Waals surface area contributed by atoms with Gasteiger partial charge in [0.1, 0.15) is 10.6 Å². The quantitative estimate of drug-likeness (QED) is 0.898. The second-order valence-corrected chi connectivity index (χ2v) is 6.55. The highest BCUT2D eigenvalue weighted by Crippen LogP contribution is 2.28. The summed E-state index contributed by atoms with van der Waals surface area (Å²) in [6.45, 7) is 1.08. The van der Waals surface area contributed by atoms with E-state index in [9.17, 15) is 8.42 Å². The molecule has 106 valence electrons. The highest BCUT2D eigenvalue weighted by molar-refractivity contribution is 7.89. The Labute approximate surface area is 114 Å². The van der Waals surface area contributed by atoms with E-state index in [4.69, 9.17) is 4.74 Å². The van der Waals surface area contributed by atoms with E-state index in [0.717, 1.165) is 12.8 Å². The highest BCUT2D eigenvalue weighted by Gasteiger charge is 2.31. The number of sulfonamides is 1. The van der Waals surface area contributed by atoms with Crippen LogP contribution in [0.25, 0.3) is 0 Å². The summed E-state index contributed by atoms with van der Waals surface area (Å²) in [6.07, 6.45) is 1.88. The molecule has 1 aliphatic heterocycles. The summed E-state index contributed by atoms with van der Waals surface area (Å²) in [5, 5.41) is 3.15. The lowest BCUT2D eigenvalue weighted by Crippen LogP contribution is -2.46. The Morgan fingerprint density at radius 2 is 2.11 bits per heavy atom. The molecule has 1 fully saturated rings. The van der Waals surface area contributed by atoms with Gasteiger partial charge in [-0.3, -0.25) is 0 Å². The number of rotatable bonds is 4. The van der Waals surface area contributed by atoms with Crippen LogP contribution in [-0.2, 0) is 10.0 Å². The van der Waals surface area contributed by atoms with Crippen molar-refractivity contribution in [2.75, 3.05) is 27.2 Å². The molecule has 1 aromatic carbocycles. The summed E-state index contributed by atoms with van der Waals surface area (Å²) in [5.41, 5.74) is 0. The monoisotopic (exact) mass is 284 g/mol. The second kappa shape index (κ2) is 5.90. The van der Waals surface area contributed by atoms with Crippen LogP contribution in [0.3, 0.4) is 0 Å². The first-order valence-corrected chi connectivity index (χ1v) is 7.84. The van der Waals surface area contributed by atoms with E-state index in [2.05, 4.69) is 5.32 Å². The van der Waals surface area contributed by atoms with Crippen LogP contribution < -0.4 is 10.1 Å². The first-order chi connectivity index (χ1) is 9.09. The smallest absolute Gasteiger partial charge is 0.246 e. The van der Waals surface area contributed by atoms with Gasteiger partial charge in [0.25, 0.3) is 0 Å². The molecular formula is C13H20N2O3S. The van der Waals surface area contributed by atoms with E-state index in [-0.39, 0.29) is 10.9 Å². The Morgan fingerprint density at radius 1 is 1.37 bits per heavy atom. The maximum atomic E-state index is 12.6. The molecule has 1 saturated heterocycles. The second-order valence-electron chi connectivity index (χ2n) is 4.64. The van der Waals surface area contributed by atoms with Crippen molar-refractivity contribution in [3.8, 4) is 5.75 Å². The molecule has 19 heavy (non-hydrogen) atoms. The minimum Gasteiger partial charge on any atom is -0.495 e. The first kappa shape index (κ1) is 14.3. The lowest BCUT2D eigenvalue weighted by molar-refractivity contribution is 0.291. The Kier molecular flexibility index (Phi) is 4.44. The fourth-order valence-electron chi connectivity index (χ4n) is 2.37. The van der Waals surface area contributed by atoms with Gasteiger partial charge in [0.05, 0.1) is 7.11 Å². The number of piperidine rings is 1. The van der Waals surface area contributed by atoms with Crippen molar-refractivity contribution in [3.63, 3.8) is 0 Å². The normalized spacial score (nSPS) is 21.3. The third-order valence-electron chi connectivity index (χ3n) is 3.48. The van der Waals surface area contributed by atoms with Crippen molar-refractivity contribution >= 4 is 10.0 Å². The highest BCUT2D eigenvalue weighted by atomic mass is 32.2. The standard InChI is InChI=1S/C13H20N2O3S/c1-14-11-6-5-9-15(10-11)19(16,17)13-8-4-3-7-12(13)18-2/h3-4,7-8,11,14H,5-6,9-10H2,1-2H3/t11-/m0/s1. The number of nitrogens with zero attached hydrogens (tertiary/aromatic N) is 1. The number of hydrogen-bond acceptors (Lipinski definition) is 4. The van der Waals surface area contributed by atoms with E-state index in [1.807, 2.05) is 7.05 Å². The number of hydrogen-bond donors (Lipinski definition) is 1. The molecule has 1 heterocycles. The van der Waals surface area contributed by atoms with Crippen LogP contribution in [0.4, 0.5) is 0 Å². The molecule has 0 radical (unpaired) electrons. The van der Waals surface area contributed by atoms with Crippen LogP contribution in [0.2, 0.25) is 0 Å². The van der Waals surface area contributed by atoms with Gasteiger partial charge in [0.15, 0.2) is 0 Å². The van der Waals surface area contributed by atoms with Crippen molar-refractivity contribution in [2.45, 2.75) is 23.8 Å². The van der Waals surface area contributed by atoms with E-state index in [1.54, 1.807) is 24.3 Å². The minimum absolute atomic E-state index is 0.221. The van der Waals surface area contributed by atoms with E-state index in [0.29, 0.717) is 18.8 Å². The van der Waals surface area contributed by atoms with Crippen molar-refractivity contribution in [2.24, 2.45) is 0 Å². The van der Waals surface area contributed by atoms with Gasteiger partial charge in [0.2, 0.25) is 10.0 Å². The van der Waals surface area contributed by atoms with Gasteiger partial charge in [-0.05, 0) is 32.0 Å². The molecule has 0 aliphatic carbocycles. The number of methoxy groups -OCH3 is 1. The van der Waals surface area contributed by atoms with Crippen LogP contribution in [-0.4, -0.2) is 46.0 Å². The van der Waals surface area contributed by atoms with Crippen molar-refractivity contribution < 1.29 is 13.2 Å². The molecule has 1 aliphatic rings. The number of ether oxygens (including phenoxy) is 1. The summed E-state index contributed by atoms with van der Waals surface area (Å²) in [7, 11) is -0.127. The van der Waals surface area contributed by atoms with Crippen molar-refractivity contribution in [1.82, 2.24) is 9.62 Å². The van der Waals surface area contributed by atoms with E-state index in [1.165, 1.54) is 11.4 Å². The predicted octanol–water partition coefficient (Wildman–Crippen LogP) is 1.07. The van der Waals surface area contributed by atoms with Crippen LogP contribution in [0, 0.1) is 0 Å². The van der Waals surface area contributed by atoms with E-state index >= 15 is 0 Å². The molecule has 0 bridgehead atoms. The molecule has 6 heteroatoms. The number of nitrogens with one attached hydrogen (secondary N) is 1. The average Bonchev–Trinajstić information content (AvgIpc) is 2.47. The van der Waals surface area contributed by atoms with Gasteiger partial charge in [-0.25, -0.2) is 8.42 Å². The Bertz CT molecular complexity index is 530. The predicted molar refractivity (Wildman–Crippen MR) is 73.8 cm³/mol. The molecule has 0 amide bonds. The van der Waals surface area contributed by atoms with Crippen molar-refractivity contribution in [1.29, 1.82) is 0 Å². The Morgan fingerprint density at radius 3 is 2.79 bits per heavy atom. The summed E-state index contributed by atoms with van der Waals surface area (Å²) >= 11 is 0. The maximum absolute atomic E-state index is 12.6. The fraction of sp³-hybridized carbons (Fsp3) is 0.538. The van der Waals surface area contributed by atoms with E-state index < -0.39 is 10.0 Å². The molecule has 0 spiro atoms. The summed E-state index contributed by atoms with van der Waals surface area (Å²) in [5.74, 6) is 0.397. The van der Waals surface area contributed by atoms with Gasteiger partial charge in [-0.2, -0.15) is 4.31 Å². The average molecular weight is 284 g/mol. The molecular weight excluding hydrogens is 264 g/mol. The molecule has 2 rings (SSSR count). The third kappa shape index (κ3) is 2.91. The topological polar surface area (TPSA) is 58.6 Å². The molecule has 0 saturated carbocycles. The molecule has 1 aromatic rings. The third-order valence-corrected chi connectivity index (χ3v) is 5.38. The van der Waals surface area contributed by atoms with Crippen molar-refractivity contribution in [3.05, 3.63) is 24.3 Å². The van der Waals surface area contributed by atoms with Gasteiger partial charge in [-0.1, -0.05) is 12.1 Å². The Balaban J connectivity index is 2.31. The van der Waals surface area contributed by atoms with Gasteiger partial charge >= 0.3 is 0 Å². The van der Waals surface area contributed by atoms with Crippen LogP contribution >= 0.6 is 0 Å². The zero-order chi connectivity index (χ0) is 13.9. The van der Waals surface area contributed by atoms with Crippen LogP contribution in [0.1, 0.15) is 12.8 Å². The van der Waals surface area contributed by atoms with Gasteiger partial charge in [0, 0.05) is 19.1 Å². The first-order valence-electron chi connectivity index (χ1n) is 6.40. The fourth-order valence-corrected chi connectivity index (χ4v) is 4.05. The summed E-state index contributed by atoms with van der Waals surface area (Å²) in [4.78, 5) is 0.245. The molecule has 5 nitrogen and oxygen atoms in total. The molecule has 0 aromatic heterocycles. The molecule has 0 unspecified atom stereocenters. The summed E-state index contributed by atoms with van der Waals surface area (Å²) in [6, 6.07) is 6.97. The SMILES string of the molecule is CN[C@H]1CCCN(S(=O)(=O)c2ccccc2OC)C1. The Hall–Kier alpha value is -1.11.